The molecule has 0 fully saturated rings. The summed E-state index contributed by atoms with van der Waals surface area (Å²) < 4.78 is 0. The zero-order chi connectivity index (χ0) is 10.4. The van der Waals surface area contributed by atoms with Gasteiger partial charge in [-0.3, -0.25) is 4.79 Å². The van der Waals surface area contributed by atoms with E-state index < -0.39 is 0 Å². The van der Waals surface area contributed by atoms with Crippen molar-refractivity contribution < 1.29 is 9.90 Å². The van der Waals surface area contributed by atoms with Crippen molar-refractivity contribution in [2.45, 2.75) is 6.92 Å². The maximum Gasteiger partial charge on any atom is 0.159 e. The molecule has 2 nitrogen and oxygen atoms in total. The molecule has 0 unspecified atom stereocenters. The molecule has 14 heavy (non-hydrogen) atoms. The Kier molecular flexibility index (Phi) is 3.68. The molecule has 0 radical (unpaired) electrons. The molecule has 0 aromatic heterocycles. The third kappa shape index (κ3) is 3.27. The SMILES string of the molecule is CC(=O)c1cccccc(O)ccc1. The first-order chi connectivity index (χ1) is 6.70. The van der Waals surface area contributed by atoms with Crippen LogP contribution in [0.5, 0.6) is 5.75 Å². The summed E-state index contributed by atoms with van der Waals surface area (Å²) in [6.07, 6.45) is 0. The Hall–Kier alpha value is -1.83. The lowest BCUT2D eigenvalue weighted by atomic mass is 10.2. The van der Waals surface area contributed by atoms with Gasteiger partial charge in [-0.2, -0.15) is 0 Å². The van der Waals surface area contributed by atoms with E-state index in [1.807, 2.05) is 0 Å². The molecule has 1 aromatic carbocycles. The van der Waals surface area contributed by atoms with Crippen LogP contribution in [-0.4, -0.2) is 10.9 Å². The first-order valence-electron chi connectivity index (χ1n) is 4.33. The molecular formula is C12H12O2. The summed E-state index contributed by atoms with van der Waals surface area (Å²) >= 11 is 0. The molecule has 0 aliphatic rings. The average Bonchev–Trinajstić information content (AvgIpc) is 2.15. The van der Waals surface area contributed by atoms with E-state index in [-0.39, 0.29) is 11.5 Å². The zero-order valence-electron chi connectivity index (χ0n) is 7.97. The molecule has 0 heterocycles. The normalized spacial score (nSPS) is 8.93. The van der Waals surface area contributed by atoms with Gasteiger partial charge < -0.3 is 5.11 Å². The van der Waals surface area contributed by atoms with Crippen LogP contribution in [0.15, 0.2) is 48.5 Å². The predicted molar refractivity (Wildman–Crippen MR) is 55.7 cm³/mol. The number of ketones is 1. The maximum absolute atomic E-state index is 11.1. The van der Waals surface area contributed by atoms with Crippen LogP contribution in [0.1, 0.15) is 17.3 Å². The Morgan fingerprint density at radius 1 is 1.00 bits per heavy atom. The van der Waals surface area contributed by atoms with Gasteiger partial charge in [-0.15, -0.1) is 0 Å². The molecule has 2 heteroatoms. The van der Waals surface area contributed by atoms with Crippen molar-refractivity contribution in [1.82, 2.24) is 0 Å². The minimum Gasteiger partial charge on any atom is -0.508 e. The van der Waals surface area contributed by atoms with Crippen molar-refractivity contribution in [3.8, 4) is 5.75 Å². The van der Waals surface area contributed by atoms with Crippen LogP contribution in [0.25, 0.3) is 0 Å². The topological polar surface area (TPSA) is 37.3 Å². The Morgan fingerprint density at radius 2 is 1.57 bits per heavy atom. The van der Waals surface area contributed by atoms with Crippen molar-refractivity contribution in [1.29, 1.82) is 0 Å². The van der Waals surface area contributed by atoms with E-state index in [1.54, 1.807) is 42.5 Å². The van der Waals surface area contributed by atoms with Gasteiger partial charge in [-0.05, 0) is 19.1 Å². The van der Waals surface area contributed by atoms with E-state index in [4.69, 9.17) is 0 Å². The van der Waals surface area contributed by atoms with Crippen LogP contribution < -0.4 is 0 Å². The van der Waals surface area contributed by atoms with Crippen molar-refractivity contribution in [3.05, 3.63) is 54.1 Å². The lowest BCUT2D eigenvalue weighted by Crippen LogP contribution is -1.87. The van der Waals surface area contributed by atoms with Gasteiger partial charge in [0.1, 0.15) is 5.75 Å². The molecule has 0 bridgehead atoms. The van der Waals surface area contributed by atoms with Crippen molar-refractivity contribution in [3.63, 3.8) is 0 Å². The molecule has 1 rings (SSSR count). The fourth-order valence-electron chi connectivity index (χ4n) is 0.974. The van der Waals surface area contributed by atoms with Crippen LogP contribution in [0.4, 0.5) is 0 Å². The molecular weight excluding hydrogens is 176 g/mol. The number of aromatic hydroxyl groups is 1. The molecule has 0 spiro atoms. The first-order valence-corrected chi connectivity index (χ1v) is 4.33. The minimum atomic E-state index is 0.00310. The Morgan fingerprint density at radius 3 is 2.29 bits per heavy atom. The molecule has 0 saturated heterocycles. The van der Waals surface area contributed by atoms with Gasteiger partial charge >= 0.3 is 0 Å². The van der Waals surface area contributed by atoms with E-state index in [0.717, 1.165) is 0 Å². The lowest BCUT2D eigenvalue weighted by Gasteiger charge is -1.88. The van der Waals surface area contributed by atoms with Crippen LogP contribution in [0.3, 0.4) is 0 Å². The van der Waals surface area contributed by atoms with Gasteiger partial charge in [-0.1, -0.05) is 36.4 Å². The molecule has 72 valence electrons. The highest BCUT2D eigenvalue weighted by molar-refractivity contribution is 5.93. The highest BCUT2D eigenvalue weighted by Crippen LogP contribution is 2.03. The summed E-state index contributed by atoms with van der Waals surface area (Å²) in [4.78, 5) is 11.1. The molecule has 1 N–H and O–H groups in total. The zero-order valence-corrected chi connectivity index (χ0v) is 7.97. The maximum atomic E-state index is 11.1. The average molecular weight is 188 g/mol. The van der Waals surface area contributed by atoms with Crippen molar-refractivity contribution in [2.75, 3.05) is 0 Å². The molecule has 0 saturated carbocycles. The van der Waals surface area contributed by atoms with Crippen molar-refractivity contribution in [2.24, 2.45) is 0 Å². The summed E-state index contributed by atoms with van der Waals surface area (Å²) in [6.45, 7) is 1.51. The second-order valence-corrected chi connectivity index (χ2v) is 2.87. The number of rotatable bonds is 1. The number of hydrogen-bond acceptors (Lipinski definition) is 2. The Bertz CT molecular complexity index is 382. The van der Waals surface area contributed by atoms with Crippen LogP contribution in [-0.2, 0) is 0 Å². The van der Waals surface area contributed by atoms with Gasteiger partial charge in [0.25, 0.3) is 0 Å². The Labute approximate surface area is 83.2 Å². The summed E-state index contributed by atoms with van der Waals surface area (Å²) in [7, 11) is 0. The van der Waals surface area contributed by atoms with E-state index >= 15 is 0 Å². The molecule has 0 aliphatic heterocycles. The van der Waals surface area contributed by atoms with Gasteiger partial charge in [0, 0.05) is 5.56 Å². The van der Waals surface area contributed by atoms with Gasteiger partial charge in [0.2, 0.25) is 0 Å². The van der Waals surface area contributed by atoms with Crippen molar-refractivity contribution >= 4 is 5.78 Å². The monoisotopic (exact) mass is 188 g/mol. The van der Waals surface area contributed by atoms with Gasteiger partial charge in [-0.25, -0.2) is 0 Å². The first kappa shape index (κ1) is 10.3. The molecule has 0 amide bonds. The largest absolute Gasteiger partial charge is 0.508 e. The summed E-state index contributed by atoms with van der Waals surface area (Å²) in [5, 5.41) is 9.24. The number of carbonyl (C=O) groups is 1. The second-order valence-electron chi connectivity index (χ2n) is 2.87. The van der Waals surface area contributed by atoms with E-state index in [0.29, 0.717) is 5.56 Å². The second kappa shape index (κ2) is 5.02. The molecule has 1 aromatic rings. The molecule has 0 atom stereocenters. The van der Waals surface area contributed by atoms with E-state index in [2.05, 4.69) is 0 Å². The quantitative estimate of drug-likeness (QED) is 0.688. The van der Waals surface area contributed by atoms with Crippen LogP contribution in [0.2, 0.25) is 0 Å². The highest BCUT2D eigenvalue weighted by Gasteiger charge is 1.92. The highest BCUT2D eigenvalue weighted by atomic mass is 16.3. The third-order valence-electron chi connectivity index (χ3n) is 1.71. The summed E-state index contributed by atoms with van der Waals surface area (Å²) in [5.41, 5.74) is 0.612. The fraction of sp³-hybridized carbons (Fsp3) is 0.0833. The number of hydrogen-bond donors (Lipinski definition) is 1. The summed E-state index contributed by atoms with van der Waals surface area (Å²) in [6, 6.07) is 13.4. The van der Waals surface area contributed by atoms with Gasteiger partial charge in [0.05, 0.1) is 0 Å². The van der Waals surface area contributed by atoms with E-state index in [1.165, 1.54) is 13.0 Å². The number of carbonyl (C=O) groups excluding carboxylic acids is 1. The number of Topliss-reactive ketones (excluding diaryl/α,β-unsaturated/α-hetero) is 1. The minimum absolute atomic E-state index is 0.00310. The Balaban J connectivity index is 3.26. The standard InChI is InChI=1S/C12H12O2/c1-10(13)11-6-3-2-4-8-12(14)9-5-7-11/h2-9,14H,1H3. The predicted octanol–water partition coefficient (Wildman–Crippen LogP) is 2.72. The van der Waals surface area contributed by atoms with Crippen LogP contribution in [0, 0.1) is 0 Å². The smallest absolute Gasteiger partial charge is 0.159 e. The summed E-state index contributed by atoms with van der Waals surface area (Å²) in [5.74, 6) is 0.166. The van der Waals surface area contributed by atoms with E-state index in [9.17, 15) is 9.90 Å². The third-order valence-corrected chi connectivity index (χ3v) is 1.71. The van der Waals surface area contributed by atoms with Crippen LogP contribution >= 0.6 is 0 Å². The molecule has 0 aliphatic carbocycles. The fourth-order valence-corrected chi connectivity index (χ4v) is 0.974. The lowest BCUT2D eigenvalue weighted by molar-refractivity contribution is 0.101. The van der Waals surface area contributed by atoms with Gasteiger partial charge in [0.15, 0.2) is 5.78 Å².